The third-order valence-electron chi connectivity index (χ3n) is 6.57. The average Bonchev–Trinajstić information content (AvgIpc) is 3.37. The van der Waals surface area contributed by atoms with E-state index in [0.717, 1.165) is 38.1 Å². The Balaban J connectivity index is 1.40. The molecule has 2 heterocycles. The minimum atomic E-state index is -3.99. The van der Waals surface area contributed by atoms with Gasteiger partial charge in [0.2, 0.25) is 15.9 Å². The van der Waals surface area contributed by atoms with Crippen molar-refractivity contribution >= 4 is 27.5 Å². The number of hydrogen-bond acceptors (Lipinski definition) is 4. The van der Waals surface area contributed by atoms with E-state index in [0.29, 0.717) is 35.7 Å². The van der Waals surface area contributed by atoms with Gasteiger partial charge in [0.1, 0.15) is 0 Å². The van der Waals surface area contributed by atoms with Crippen LogP contribution in [0, 0.1) is 24.5 Å². The molecule has 2 saturated heterocycles. The van der Waals surface area contributed by atoms with Crippen molar-refractivity contribution in [2.24, 2.45) is 5.92 Å². The maximum Gasteiger partial charge on any atom is 0.254 e. The third-order valence-corrected chi connectivity index (χ3v) is 8.46. The number of anilines is 1. The van der Waals surface area contributed by atoms with Gasteiger partial charge in [-0.3, -0.25) is 9.59 Å². The van der Waals surface area contributed by atoms with Gasteiger partial charge < -0.3 is 10.2 Å². The summed E-state index contributed by atoms with van der Waals surface area (Å²) in [5.74, 6) is -3.03. The van der Waals surface area contributed by atoms with E-state index < -0.39 is 27.6 Å². The molecule has 0 unspecified atom stereocenters. The van der Waals surface area contributed by atoms with Gasteiger partial charge in [0, 0.05) is 43.3 Å². The van der Waals surface area contributed by atoms with Gasteiger partial charge in [-0.15, -0.1) is 0 Å². The molecule has 0 atom stereocenters. The lowest BCUT2D eigenvalue weighted by Crippen LogP contribution is -2.41. The van der Waals surface area contributed by atoms with Crippen molar-refractivity contribution in [2.45, 2.75) is 37.5 Å². The summed E-state index contributed by atoms with van der Waals surface area (Å²) >= 11 is 0. The number of piperidine rings is 1. The Morgan fingerprint density at radius 1 is 0.971 bits per heavy atom. The minimum Gasteiger partial charge on any atom is -0.339 e. The van der Waals surface area contributed by atoms with Gasteiger partial charge in [0.05, 0.1) is 4.90 Å². The van der Waals surface area contributed by atoms with Crippen LogP contribution in [0.2, 0.25) is 0 Å². The van der Waals surface area contributed by atoms with Crippen molar-refractivity contribution in [2.75, 3.05) is 31.5 Å². The van der Waals surface area contributed by atoms with Crippen LogP contribution in [0.3, 0.4) is 0 Å². The molecule has 0 aromatic heterocycles. The molecule has 2 aromatic rings. The molecule has 0 aliphatic carbocycles. The first-order valence-corrected chi connectivity index (χ1v) is 12.8. The summed E-state index contributed by atoms with van der Waals surface area (Å²) in [5.41, 5.74) is 1.82. The number of benzene rings is 2. The van der Waals surface area contributed by atoms with E-state index in [1.54, 1.807) is 25.1 Å². The minimum absolute atomic E-state index is 0.0400. The van der Waals surface area contributed by atoms with Crippen molar-refractivity contribution in [3.8, 4) is 0 Å². The number of halogens is 2. The fraction of sp³-hybridized carbons (Fsp3) is 0.417. The number of hydrogen-bond donors (Lipinski definition) is 1. The lowest BCUT2D eigenvalue weighted by atomic mass is 9.96. The molecule has 0 radical (unpaired) electrons. The quantitative estimate of drug-likeness (QED) is 0.693. The zero-order valence-corrected chi connectivity index (χ0v) is 19.7. The molecular weight excluding hydrogens is 464 g/mol. The Hall–Kier alpha value is -2.85. The molecule has 2 aromatic carbocycles. The van der Waals surface area contributed by atoms with E-state index in [9.17, 15) is 26.8 Å². The van der Waals surface area contributed by atoms with Crippen molar-refractivity contribution in [1.82, 2.24) is 9.21 Å². The molecule has 2 amide bonds. The second-order valence-corrected chi connectivity index (χ2v) is 10.7. The summed E-state index contributed by atoms with van der Waals surface area (Å²) in [5, 5.41) is 2.90. The van der Waals surface area contributed by atoms with Crippen molar-refractivity contribution in [3.63, 3.8) is 0 Å². The predicted octanol–water partition coefficient (Wildman–Crippen LogP) is 3.55. The van der Waals surface area contributed by atoms with Crippen LogP contribution >= 0.6 is 0 Å². The largest absolute Gasteiger partial charge is 0.339 e. The fourth-order valence-electron chi connectivity index (χ4n) is 4.47. The van der Waals surface area contributed by atoms with Crippen molar-refractivity contribution in [3.05, 3.63) is 59.2 Å². The van der Waals surface area contributed by atoms with Gasteiger partial charge in [-0.2, -0.15) is 4.31 Å². The zero-order valence-electron chi connectivity index (χ0n) is 18.9. The normalized spacial score (nSPS) is 17.7. The summed E-state index contributed by atoms with van der Waals surface area (Å²) in [6.07, 6.45) is 2.57. The number of likely N-dealkylation sites (tertiary alicyclic amines) is 1. The summed E-state index contributed by atoms with van der Waals surface area (Å²) in [7, 11) is -3.99. The molecule has 0 bridgehead atoms. The van der Waals surface area contributed by atoms with Gasteiger partial charge >= 0.3 is 0 Å². The van der Waals surface area contributed by atoms with Gasteiger partial charge in [-0.1, -0.05) is 6.07 Å². The van der Waals surface area contributed by atoms with Crippen LogP contribution in [-0.2, 0) is 14.8 Å². The highest BCUT2D eigenvalue weighted by Gasteiger charge is 2.33. The second-order valence-electron chi connectivity index (χ2n) is 8.72. The highest BCUT2D eigenvalue weighted by Crippen LogP contribution is 2.27. The van der Waals surface area contributed by atoms with Gasteiger partial charge in [-0.25, -0.2) is 17.2 Å². The Morgan fingerprint density at radius 2 is 1.65 bits per heavy atom. The number of nitrogens with zero attached hydrogens (tertiary/aromatic N) is 2. The molecule has 2 fully saturated rings. The van der Waals surface area contributed by atoms with Crippen LogP contribution in [0.1, 0.15) is 41.6 Å². The van der Waals surface area contributed by atoms with Crippen LogP contribution in [0.4, 0.5) is 14.5 Å². The Kier molecular flexibility index (Phi) is 6.99. The molecule has 2 aliphatic rings. The van der Waals surface area contributed by atoms with Crippen LogP contribution in [0.25, 0.3) is 0 Å². The third kappa shape index (κ3) is 4.83. The number of amides is 2. The molecular formula is C24H27F2N3O4S. The predicted molar refractivity (Wildman–Crippen MR) is 123 cm³/mol. The fourth-order valence-corrected chi connectivity index (χ4v) is 5.95. The first kappa shape index (κ1) is 24.3. The lowest BCUT2D eigenvalue weighted by molar-refractivity contribution is -0.120. The van der Waals surface area contributed by atoms with Crippen molar-refractivity contribution < 1.29 is 26.8 Å². The first-order chi connectivity index (χ1) is 16.2. The molecule has 1 N–H and O–H groups in total. The van der Waals surface area contributed by atoms with Crippen LogP contribution in [0.15, 0.2) is 41.3 Å². The van der Waals surface area contributed by atoms with Gasteiger partial charge in [0.15, 0.2) is 11.6 Å². The average molecular weight is 492 g/mol. The number of carbonyl (C=O) groups excluding carboxylic acids is 2. The summed E-state index contributed by atoms with van der Waals surface area (Å²) < 4.78 is 53.4. The van der Waals surface area contributed by atoms with E-state index >= 15 is 0 Å². The van der Waals surface area contributed by atoms with Crippen LogP contribution < -0.4 is 5.32 Å². The van der Waals surface area contributed by atoms with Crippen LogP contribution in [0.5, 0.6) is 0 Å². The maximum atomic E-state index is 13.5. The Bertz CT molecular complexity index is 1200. The SMILES string of the molecule is Cc1c(NC(=O)C2CCN(S(=O)(=O)c3ccc(F)c(F)c3)CC2)cccc1C(=O)N1CCCC1. The van der Waals surface area contributed by atoms with E-state index in [1.807, 2.05) is 4.90 Å². The van der Waals surface area contributed by atoms with Gasteiger partial charge in [-0.05, 0) is 68.5 Å². The molecule has 0 saturated carbocycles. The summed E-state index contributed by atoms with van der Waals surface area (Å²) in [4.78, 5) is 27.2. The number of rotatable bonds is 5. The standard InChI is InChI=1S/C24H27F2N3O4S/c1-16-19(24(31)28-11-2-3-12-28)5-4-6-22(16)27-23(30)17-9-13-29(14-10-17)34(32,33)18-7-8-20(25)21(26)15-18/h4-8,15,17H,2-3,9-14H2,1H3,(H,27,30). The van der Waals surface area contributed by atoms with E-state index in [2.05, 4.69) is 5.32 Å². The smallest absolute Gasteiger partial charge is 0.254 e. The van der Waals surface area contributed by atoms with E-state index in [4.69, 9.17) is 0 Å². The summed E-state index contributed by atoms with van der Waals surface area (Å²) in [6, 6.07) is 7.73. The second kappa shape index (κ2) is 9.79. The van der Waals surface area contributed by atoms with E-state index in [1.165, 1.54) is 4.31 Å². The van der Waals surface area contributed by atoms with E-state index in [-0.39, 0.29) is 29.8 Å². The molecule has 34 heavy (non-hydrogen) atoms. The maximum absolute atomic E-state index is 13.5. The molecule has 4 rings (SSSR count). The highest BCUT2D eigenvalue weighted by atomic mass is 32.2. The highest BCUT2D eigenvalue weighted by molar-refractivity contribution is 7.89. The zero-order chi connectivity index (χ0) is 24.5. The number of nitrogens with one attached hydrogen (secondary N) is 1. The number of sulfonamides is 1. The Labute approximate surface area is 197 Å². The topological polar surface area (TPSA) is 86.8 Å². The molecule has 10 heteroatoms. The first-order valence-electron chi connectivity index (χ1n) is 11.3. The lowest BCUT2D eigenvalue weighted by Gasteiger charge is -2.30. The number of carbonyl (C=O) groups is 2. The molecule has 0 spiro atoms. The van der Waals surface area contributed by atoms with Gasteiger partial charge in [0.25, 0.3) is 5.91 Å². The van der Waals surface area contributed by atoms with Crippen LogP contribution in [-0.4, -0.2) is 55.6 Å². The molecule has 7 nitrogen and oxygen atoms in total. The monoisotopic (exact) mass is 491 g/mol. The molecule has 182 valence electrons. The molecule has 2 aliphatic heterocycles. The summed E-state index contributed by atoms with van der Waals surface area (Å²) in [6.45, 7) is 3.45. The Morgan fingerprint density at radius 3 is 2.29 bits per heavy atom. The van der Waals surface area contributed by atoms with Crippen molar-refractivity contribution in [1.29, 1.82) is 0 Å².